The van der Waals surface area contributed by atoms with Gasteiger partial charge in [0.25, 0.3) is 0 Å². The number of rotatable bonds is 5. The summed E-state index contributed by atoms with van der Waals surface area (Å²) in [6.07, 6.45) is 4.61. The summed E-state index contributed by atoms with van der Waals surface area (Å²) in [5.74, 6) is -0.717. The van der Waals surface area contributed by atoms with E-state index in [0.29, 0.717) is 23.9 Å². The number of carbonyl (C=O) groups excluding carboxylic acids is 3. The minimum absolute atomic E-state index is 0.133. The Morgan fingerprint density at radius 2 is 1.68 bits per heavy atom. The normalized spacial score (nSPS) is 19.8. The Morgan fingerprint density at radius 1 is 1.04 bits per heavy atom. The van der Waals surface area contributed by atoms with Crippen molar-refractivity contribution in [2.45, 2.75) is 38.0 Å². The molecule has 2 rings (SSSR count). The van der Waals surface area contributed by atoms with Crippen molar-refractivity contribution in [1.29, 1.82) is 0 Å². The largest absolute Gasteiger partial charge is 0.469 e. The van der Waals surface area contributed by atoms with Gasteiger partial charge in [-0.3, -0.25) is 19.8 Å². The van der Waals surface area contributed by atoms with Crippen LogP contribution in [0.4, 0.5) is 5.69 Å². The molecule has 0 spiro atoms. The van der Waals surface area contributed by atoms with Gasteiger partial charge in [-0.25, -0.2) is 5.43 Å². The molecule has 1 aromatic carbocycles. The predicted octanol–water partition coefficient (Wildman–Crippen LogP) is 1.71. The predicted molar refractivity (Wildman–Crippen MR) is 93.6 cm³/mol. The molecule has 0 bridgehead atoms. The van der Waals surface area contributed by atoms with Gasteiger partial charge in [0.05, 0.1) is 7.11 Å². The molecule has 7 nitrogen and oxygen atoms in total. The third-order valence-corrected chi connectivity index (χ3v) is 4.61. The number of anilines is 1. The molecule has 25 heavy (non-hydrogen) atoms. The smallest absolute Gasteiger partial charge is 0.323 e. The van der Waals surface area contributed by atoms with E-state index in [9.17, 15) is 14.4 Å². The number of hydrogen-bond acceptors (Lipinski definition) is 5. The van der Waals surface area contributed by atoms with Crippen molar-refractivity contribution < 1.29 is 19.1 Å². The van der Waals surface area contributed by atoms with Gasteiger partial charge in [0.2, 0.25) is 0 Å². The van der Waals surface area contributed by atoms with E-state index in [1.165, 1.54) is 19.7 Å². The SMILES string of the molecule is CNNC(=O)C(=O)Nc1ccc(C2CCC(CC(=O)OC)CC2)cc1. The van der Waals surface area contributed by atoms with E-state index in [1.807, 2.05) is 12.1 Å². The van der Waals surface area contributed by atoms with Gasteiger partial charge in [0.1, 0.15) is 0 Å². The van der Waals surface area contributed by atoms with Crippen molar-refractivity contribution in [2.75, 3.05) is 19.5 Å². The number of ether oxygens (including phenoxy) is 1. The van der Waals surface area contributed by atoms with Crippen LogP contribution in [0.5, 0.6) is 0 Å². The van der Waals surface area contributed by atoms with E-state index in [-0.39, 0.29) is 5.97 Å². The van der Waals surface area contributed by atoms with Gasteiger partial charge in [-0.2, -0.15) is 0 Å². The lowest BCUT2D eigenvalue weighted by Crippen LogP contribution is -2.41. The summed E-state index contributed by atoms with van der Waals surface area (Å²) in [6, 6.07) is 7.58. The molecule has 3 N–H and O–H groups in total. The van der Waals surface area contributed by atoms with Crippen LogP contribution in [0.1, 0.15) is 43.6 Å². The first-order valence-electron chi connectivity index (χ1n) is 8.48. The van der Waals surface area contributed by atoms with Gasteiger partial charge in [-0.1, -0.05) is 12.1 Å². The van der Waals surface area contributed by atoms with Crippen LogP contribution in [0.15, 0.2) is 24.3 Å². The van der Waals surface area contributed by atoms with Crippen LogP contribution in [0, 0.1) is 5.92 Å². The average Bonchev–Trinajstić information content (AvgIpc) is 2.63. The Morgan fingerprint density at radius 3 is 2.24 bits per heavy atom. The summed E-state index contributed by atoms with van der Waals surface area (Å²) >= 11 is 0. The second-order valence-corrected chi connectivity index (χ2v) is 6.28. The Kier molecular flexibility index (Phi) is 6.94. The highest BCUT2D eigenvalue weighted by atomic mass is 16.5. The Balaban J connectivity index is 1.85. The maximum atomic E-state index is 11.6. The second kappa shape index (κ2) is 9.17. The molecule has 0 radical (unpaired) electrons. The zero-order valence-electron chi connectivity index (χ0n) is 14.6. The van der Waals surface area contributed by atoms with Crippen molar-refractivity contribution in [3.8, 4) is 0 Å². The number of hydrogen-bond donors (Lipinski definition) is 3. The Bertz CT molecular complexity index is 607. The van der Waals surface area contributed by atoms with Crippen molar-refractivity contribution in [3.63, 3.8) is 0 Å². The van der Waals surface area contributed by atoms with Gasteiger partial charge in [0.15, 0.2) is 0 Å². The van der Waals surface area contributed by atoms with Crippen LogP contribution in [0.3, 0.4) is 0 Å². The van der Waals surface area contributed by atoms with Crippen LogP contribution in [0.2, 0.25) is 0 Å². The molecule has 2 amide bonds. The first-order valence-corrected chi connectivity index (χ1v) is 8.48. The zero-order valence-corrected chi connectivity index (χ0v) is 14.6. The van der Waals surface area contributed by atoms with Crippen LogP contribution in [0.25, 0.3) is 0 Å². The number of methoxy groups -OCH3 is 1. The average molecular weight is 347 g/mol. The third kappa shape index (κ3) is 5.56. The highest BCUT2D eigenvalue weighted by Gasteiger charge is 2.24. The Labute approximate surface area is 147 Å². The monoisotopic (exact) mass is 347 g/mol. The topological polar surface area (TPSA) is 96.5 Å². The molecule has 1 aliphatic rings. The van der Waals surface area contributed by atoms with E-state index < -0.39 is 11.8 Å². The molecule has 136 valence electrons. The first-order chi connectivity index (χ1) is 12.0. The van der Waals surface area contributed by atoms with Crippen molar-refractivity contribution in [3.05, 3.63) is 29.8 Å². The van der Waals surface area contributed by atoms with Gasteiger partial charge < -0.3 is 10.1 Å². The lowest BCUT2D eigenvalue weighted by atomic mass is 9.77. The summed E-state index contributed by atoms with van der Waals surface area (Å²) in [6.45, 7) is 0. The molecule has 0 heterocycles. The fraction of sp³-hybridized carbons (Fsp3) is 0.500. The van der Waals surface area contributed by atoms with E-state index in [1.54, 1.807) is 12.1 Å². The summed E-state index contributed by atoms with van der Waals surface area (Å²) in [5, 5.41) is 2.55. The van der Waals surface area contributed by atoms with Crippen molar-refractivity contribution in [1.82, 2.24) is 10.9 Å². The fourth-order valence-corrected chi connectivity index (χ4v) is 3.22. The highest BCUT2D eigenvalue weighted by molar-refractivity contribution is 6.39. The van der Waals surface area contributed by atoms with E-state index >= 15 is 0 Å². The molecule has 1 aromatic rings. The van der Waals surface area contributed by atoms with Crippen LogP contribution in [-0.2, 0) is 19.1 Å². The Hall–Kier alpha value is -2.41. The molecule has 0 atom stereocenters. The fourth-order valence-electron chi connectivity index (χ4n) is 3.22. The molecule has 1 fully saturated rings. The van der Waals surface area contributed by atoms with Crippen LogP contribution < -0.4 is 16.2 Å². The standard InChI is InChI=1S/C18H25N3O4/c1-19-21-18(24)17(23)20-15-9-7-14(8-10-15)13-5-3-12(4-6-13)11-16(22)25-2/h7-10,12-13,19H,3-6,11H2,1-2H3,(H,20,23)(H,21,24). The summed E-state index contributed by atoms with van der Waals surface area (Å²) in [4.78, 5) is 34.4. The number of amides is 2. The molecule has 0 aliphatic heterocycles. The quantitative estimate of drug-likeness (QED) is 0.428. The van der Waals surface area contributed by atoms with Crippen LogP contribution in [-0.4, -0.2) is 31.9 Å². The van der Waals surface area contributed by atoms with E-state index in [0.717, 1.165) is 25.7 Å². The van der Waals surface area contributed by atoms with Crippen molar-refractivity contribution in [2.24, 2.45) is 5.92 Å². The molecule has 7 heteroatoms. The first kappa shape index (κ1) is 18.9. The number of hydrazine groups is 1. The van der Waals surface area contributed by atoms with E-state index in [4.69, 9.17) is 4.74 Å². The summed E-state index contributed by atoms with van der Waals surface area (Å²) < 4.78 is 4.74. The lowest BCUT2D eigenvalue weighted by Gasteiger charge is -2.28. The number of carbonyl (C=O) groups is 3. The second-order valence-electron chi connectivity index (χ2n) is 6.28. The third-order valence-electron chi connectivity index (χ3n) is 4.61. The maximum Gasteiger partial charge on any atom is 0.323 e. The van der Waals surface area contributed by atoms with Crippen molar-refractivity contribution >= 4 is 23.5 Å². The van der Waals surface area contributed by atoms with Gasteiger partial charge in [-0.05, 0) is 55.2 Å². The summed E-state index contributed by atoms with van der Waals surface area (Å²) in [5.41, 5.74) is 6.43. The maximum absolute atomic E-state index is 11.6. The van der Waals surface area contributed by atoms with Gasteiger partial charge in [-0.15, -0.1) is 0 Å². The molecular weight excluding hydrogens is 322 g/mol. The molecule has 0 aromatic heterocycles. The summed E-state index contributed by atoms with van der Waals surface area (Å²) in [7, 11) is 2.94. The molecule has 1 aliphatic carbocycles. The molecular formula is C18H25N3O4. The number of esters is 1. The molecule has 0 saturated heterocycles. The number of nitrogens with one attached hydrogen (secondary N) is 3. The van der Waals surface area contributed by atoms with Gasteiger partial charge in [0, 0.05) is 19.2 Å². The van der Waals surface area contributed by atoms with E-state index in [2.05, 4.69) is 16.2 Å². The zero-order chi connectivity index (χ0) is 18.2. The molecule has 0 unspecified atom stereocenters. The molecule has 1 saturated carbocycles. The minimum Gasteiger partial charge on any atom is -0.469 e. The van der Waals surface area contributed by atoms with Gasteiger partial charge >= 0.3 is 17.8 Å². The lowest BCUT2D eigenvalue weighted by molar-refractivity contribution is -0.142. The minimum atomic E-state index is -0.740. The highest BCUT2D eigenvalue weighted by Crippen LogP contribution is 2.37. The van der Waals surface area contributed by atoms with Crippen LogP contribution >= 0.6 is 0 Å². The number of benzene rings is 1.